The smallest absolute Gasteiger partial charge is 0.275 e. The van der Waals surface area contributed by atoms with Crippen LogP contribution in [0, 0.1) is 6.92 Å². The summed E-state index contributed by atoms with van der Waals surface area (Å²) in [5.74, 6) is 0.199. The molecule has 1 aromatic carbocycles. The van der Waals surface area contributed by atoms with Crippen LogP contribution in [0.25, 0.3) is 11.4 Å². The van der Waals surface area contributed by atoms with E-state index in [0.29, 0.717) is 11.5 Å². The number of hydrogen-bond donors (Lipinski definition) is 2. The number of nitrogens with one attached hydrogen (secondary N) is 2. The lowest BCUT2D eigenvalue weighted by Crippen LogP contribution is -2.20. The molecule has 0 spiro atoms. The molecule has 0 bridgehead atoms. The van der Waals surface area contributed by atoms with E-state index in [9.17, 15) is 9.59 Å². The summed E-state index contributed by atoms with van der Waals surface area (Å²) in [7, 11) is 0. The highest BCUT2D eigenvalue weighted by Crippen LogP contribution is 2.15. The molecule has 0 unspecified atom stereocenters. The van der Waals surface area contributed by atoms with Crippen molar-refractivity contribution in [2.24, 2.45) is 0 Å². The molecule has 5 nitrogen and oxygen atoms in total. The Morgan fingerprint density at radius 3 is 2.50 bits per heavy atom. The molecule has 92 valence electrons. The number of rotatable bonds is 2. The van der Waals surface area contributed by atoms with Crippen molar-refractivity contribution < 1.29 is 4.79 Å². The van der Waals surface area contributed by atoms with Gasteiger partial charge in [0.2, 0.25) is 5.91 Å². The zero-order valence-electron chi connectivity index (χ0n) is 10.2. The summed E-state index contributed by atoms with van der Waals surface area (Å²) >= 11 is 0. The van der Waals surface area contributed by atoms with Gasteiger partial charge in [-0.05, 0) is 6.92 Å². The monoisotopic (exact) mass is 243 g/mol. The second kappa shape index (κ2) is 4.83. The summed E-state index contributed by atoms with van der Waals surface area (Å²) < 4.78 is 0. The molecule has 0 aliphatic heterocycles. The van der Waals surface area contributed by atoms with Gasteiger partial charge in [-0.15, -0.1) is 0 Å². The zero-order valence-corrected chi connectivity index (χ0v) is 10.2. The van der Waals surface area contributed by atoms with Crippen LogP contribution in [0.2, 0.25) is 0 Å². The molecule has 0 saturated heterocycles. The van der Waals surface area contributed by atoms with Gasteiger partial charge in [0.05, 0.1) is 5.69 Å². The Morgan fingerprint density at radius 2 is 1.94 bits per heavy atom. The number of aromatic amines is 1. The highest BCUT2D eigenvalue weighted by molar-refractivity contribution is 5.89. The van der Waals surface area contributed by atoms with Crippen LogP contribution < -0.4 is 10.9 Å². The maximum Gasteiger partial charge on any atom is 0.275 e. The number of carbonyl (C=O) groups excluding carboxylic acids is 1. The van der Waals surface area contributed by atoms with Crippen LogP contribution in [0.1, 0.15) is 12.6 Å². The number of H-pyrrole nitrogens is 1. The molecular weight excluding hydrogens is 230 g/mol. The Balaban J connectivity index is 2.49. The van der Waals surface area contributed by atoms with Crippen molar-refractivity contribution in [3.63, 3.8) is 0 Å². The van der Waals surface area contributed by atoms with E-state index in [2.05, 4.69) is 15.3 Å². The highest BCUT2D eigenvalue weighted by Gasteiger charge is 2.10. The molecule has 0 saturated carbocycles. The van der Waals surface area contributed by atoms with Crippen molar-refractivity contribution in [2.45, 2.75) is 13.8 Å². The third-order valence-electron chi connectivity index (χ3n) is 2.45. The summed E-state index contributed by atoms with van der Waals surface area (Å²) in [5, 5.41) is 2.47. The predicted octanol–water partition coefficient (Wildman–Crippen LogP) is 1.70. The van der Waals surface area contributed by atoms with Gasteiger partial charge in [-0.3, -0.25) is 9.59 Å². The summed E-state index contributed by atoms with van der Waals surface area (Å²) in [4.78, 5) is 29.8. The molecule has 18 heavy (non-hydrogen) atoms. The maximum atomic E-state index is 11.9. The molecule has 0 aliphatic rings. The van der Waals surface area contributed by atoms with Gasteiger partial charge in [-0.2, -0.15) is 0 Å². The van der Waals surface area contributed by atoms with Crippen molar-refractivity contribution in [3.05, 3.63) is 46.4 Å². The van der Waals surface area contributed by atoms with E-state index >= 15 is 0 Å². The highest BCUT2D eigenvalue weighted by atomic mass is 16.2. The molecule has 0 aliphatic carbocycles. The largest absolute Gasteiger partial charge is 0.320 e. The van der Waals surface area contributed by atoms with Crippen LogP contribution in [0.3, 0.4) is 0 Å². The fourth-order valence-corrected chi connectivity index (χ4v) is 1.64. The van der Waals surface area contributed by atoms with Crippen LogP contribution in [-0.4, -0.2) is 15.9 Å². The Bertz CT molecular complexity index is 632. The molecule has 1 aromatic heterocycles. The molecule has 5 heteroatoms. The summed E-state index contributed by atoms with van der Waals surface area (Å²) in [5.41, 5.74) is 1.17. The molecule has 2 rings (SSSR count). The fraction of sp³-hybridized carbons (Fsp3) is 0.154. The van der Waals surface area contributed by atoms with Crippen molar-refractivity contribution >= 4 is 11.6 Å². The van der Waals surface area contributed by atoms with Crippen molar-refractivity contribution in [2.75, 3.05) is 5.32 Å². The molecular formula is C13H13N3O2. The SMILES string of the molecule is CC(=O)Nc1c(C)nc(-c2ccccc2)[nH]c1=O. The number of anilines is 1. The van der Waals surface area contributed by atoms with E-state index in [1.807, 2.05) is 30.3 Å². The molecule has 0 atom stereocenters. The first-order valence-electron chi connectivity index (χ1n) is 5.52. The second-order valence-corrected chi connectivity index (χ2v) is 3.92. The molecule has 0 radical (unpaired) electrons. The standard InChI is InChI=1S/C13H13N3O2/c1-8-11(15-9(2)17)13(18)16-12(14-8)10-6-4-3-5-7-10/h3-7H,1-2H3,(H,15,17)(H,14,16,18). The van der Waals surface area contributed by atoms with E-state index < -0.39 is 0 Å². The molecule has 1 amide bonds. The van der Waals surface area contributed by atoms with Crippen molar-refractivity contribution in [1.82, 2.24) is 9.97 Å². The third-order valence-corrected chi connectivity index (χ3v) is 2.45. The zero-order chi connectivity index (χ0) is 13.1. The number of benzene rings is 1. The van der Waals surface area contributed by atoms with Crippen LogP contribution >= 0.6 is 0 Å². The number of hydrogen-bond acceptors (Lipinski definition) is 3. The quantitative estimate of drug-likeness (QED) is 0.843. The van der Waals surface area contributed by atoms with Gasteiger partial charge < -0.3 is 10.3 Å². The van der Waals surface area contributed by atoms with E-state index in [1.165, 1.54) is 6.92 Å². The Hall–Kier alpha value is -2.43. The van der Waals surface area contributed by atoms with Gasteiger partial charge in [0, 0.05) is 12.5 Å². The summed E-state index contributed by atoms with van der Waals surface area (Å²) in [6.45, 7) is 3.04. The van der Waals surface area contributed by atoms with Crippen LogP contribution in [-0.2, 0) is 4.79 Å². The maximum absolute atomic E-state index is 11.9. The first-order valence-corrected chi connectivity index (χ1v) is 5.52. The van der Waals surface area contributed by atoms with Crippen LogP contribution in [0.4, 0.5) is 5.69 Å². The lowest BCUT2D eigenvalue weighted by molar-refractivity contribution is -0.114. The second-order valence-electron chi connectivity index (χ2n) is 3.92. The van der Waals surface area contributed by atoms with E-state index in [4.69, 9.17) is 0 Å². The number of carbonyl (C=O) groups is 1. The van der Waals surface area contributed by atoms with Gasteiger partial charge in [-0.1, -0.05) is 30.3 Å². The lowest BCUT2D eigenvalue weighted by Gasteiger charge is -2.07. The molecule has 1 heterocycles. The number of nitrogens with zero attached hydrogens (tertiary/aromatic N) is 1. The van der Waals surface area contributed by atoms with Crippen LogP contribution in [0.5, 0.6) is 0 Å². The van der Waals surface area contributed by atoms with Crippen molar-refractivity contribution in [1.29, 1.82) is 0 Å². The first-order chi connectivity index (χ1) is 8.58. The fourth-order valence-electron chi connectivity index (χ4n) is 1.64. The van der Waals surface area contributed by atoms with Gasteiger partial charge in [0.25, 0.3) is 5.56 Å². The minimum absolute atomic E-state index is 0.196. The summed E-state index contributed by atoms with van der Waals surface area (Å²) in [6, 6.07) is 9.34. The summed E-state index contributed by atoms with van der Waals surface area (Å²) in [6.07, 6.45) is 0. The number of amides is 1. The van der Waals surface area contributed by atoms with E-state index in [-0.39, 0.29) is 17.2 Å². The van der Waals surface area contributed by atoms with Crippen LogP contribution in [0.15, 0.2) is 35.1 Å². The van der Waals surface area contributed by atoms with E-state index in [1.54, 1.807) is 6.92 Å². The minimum atomic E-state index is -0.350. The number of aromatic nitrogens is 2. The van der Waals surface area contributed by atoms with E-state index in [0.717, 1.165) is 5.56 Å². The average molecular weight is 243 g/mol. The average Bonchev–Trinajstić information content (AvgIpc) is 2.34. The lowest BCUT2D eigenvalue weighted by atomic mass is 10.2. The molecule has 0 fully saturated rings. The van der Waals surface area contributed by atoms with Crippen molar-refractivity contribution in [3.8, 4) is 11.4 Å². The first kappa shape index (κ1) is 12.0. The molecule has 2 aromatic rings. The Morgan fingerprint density at radius 1 is 1.28 bits per heavy atom. The Kier molecular flexibility index (Phi) is 3.23. The van der Waals surface area contributed by atoms with Gasteiger partial charge in [0.15, 0.2) is 0 Å². The number of aryl methyl sites for hydroxylation is 1. The predicted molar refractivity (Wildman–Crippen MR) is 69.3 cm³/mol. The topological polar surface area (TPSA) is 74.8 Å². The van der Waals surface area contributed by atoms with Gasteiger partial charge in [-0.25, -0.2) is 4.98 Å². The van der Waals surface area contributed by atoms with Gasteiger partial charge in [0.1, 0.15) is 11.5 Å². The van der Waals surface area contributed by atoms with Gasteiger partial charge >= 0.3 is 0 Å². The Labute approximate surface area is 104 Å². The molecule has 2 N–H and O–H groups in total. The normalized spacial score (nSPS) is 10.1. The minimum Gasteiger partial charge on any atom is -0.320 e. The third kappa shape index (κ3) is 2.45.